The van der Waals surface area contributed by atoms with Crippen LogP contribution in [0.25, 0.3) is 0 Å². The van der Waals surface area contributed by atoms with E-state index in [1.807, 2.05) is 0 Å². The Balaban J connectivity index is 2.01. The van der Waals surface area contributed by atoms with Gasteiger partial charge in [0.05, 0.1) is 12.1 Å². The van der Waals surface area contributed by atoms with Crippen molar-refractivity contribution in [2.75, 3.05) is 0 Å². The van der Waals surface area contributed by atoms with Gasteiger partial charge < -0.3 is 10.3 Å². The van der Waals surface area contributed by atoms with E-state index in [9.17, 15) is 4.79 Å². The van der Waals surface area contributed by atoms with Crippen molar-refractivity contribution in [1.29, 1.82) is 0 Å². The molecular weight excluding hydrogens is 228 g/mol. The summed E-state index contributed by atoms with van der Waals surface area (Å²) in [6.45, 7) is 0.330. The Kier molecular flexibility index (Phi) is 3.16. The summed E-state index contributed by atoms with van der Waals surface area (Å²) in [6.07, 6.45) is 4.85. The predicted octanol–water partition coefficient (Wildman–Crippen LogP) is 1.39. The van der Waals surface area contributed by atoms with E-state index in [4.69, 9.17) is 11.6 Å². The van der Waals surface area contributed by atoms with Crippen LogP contribution < -0.4 is 5.32 Å². The number of rotatable bonds is 3. The van der Waals surface area contributed by atoms with Crippen molar-refractivity contribution in [3.8, 4) is 0 Å². The maximum atomic E-state index is 11.7. The maximum absolute atomic E-state index is 11.7. The molecule has 0 aliphatic carbocycles. The van der Waals surface area contributed by atoms with Gasteiger partial charge in [-0.05, 0) is 12.1 Å². The molecule has 0 atom stereocenters. The molecule has 2 aromatic rings. The molecule has 6 heteroatoms. The molecule has 2 rings (SSSR count). The molecule has 0 aliphatic heterocycles. The summed E-state index contributed by atoms with van der Waals surface area (Å²) < 4.78 is 0. The van der Waals surface area contributed by atoms with Crippen LogP contribution in [0.2, 0.25) is 5.15 Å². The standard InChI is InChI=1S/C10H9ClN4O/c11-9-7(2-1-3-14-9)10(16)15-6-8-12-4-5-13-8/h1-5H,6H2,(H,12,13)(H,15,16). The number of hydrogen-bond donors (Lipinski definition) is 2. The summed E-state index contributed by atoms with van der Waals surface area (Å²) in [5.41, 5.74) is 0.357. The van der Waals surface area contributed by atoms with Crippen LogP contribution in [0.15, 0.2) is 30.7 Å². The SMILES string of the molecule is O=C(NCc1ncc[nH]1)c1cccnc1Cl. The first kappa shape index (κ1) is 10.6. The molecule has 16 heavy (non-hydrogen) atoms. The number of nitrogens with one attached hydrogen (secondary N) is 2. The van der Waals surface area contributed by atoms with Crippen molar-refractivity contribution in [1.82, 2.24) is 20.3 Å². The highest BCUT2D eigenvalue weighted by Crippen LogP contribution is 2.10. The summed E-state index contributed by atoms with van der Waals surface area (Å²) >= 11 is 5.78. The Morgan fingerprint density at radius 3 is 3.00 bits per heavy atom. The molecule has 0 unspecified atom stereocenters. The van der Waals surface area contributed by atoms with Crippen LogP contribution in [0.4, 0.5) is 0 Å². The summed E-state index contributed by atoms with van der Waals surface area (Å²) in [4.78, 5) is 22.4. The molecule has 2 N–H and O–H groups in total. The minimum Gasteiger partial charge on any atom is -0.347 e. The summed E-state index contributed by atoms with van der Waals surface area (Å²) in [5, 5.41) is 2.88. The van der Waals surface area contributed by atoms with Gasteiger partial charge in [0.25, 0.3) is 5.91 Å². The normalized spacial score (nSPS) is 10.1. The Hall–Kier alpha value is -1.88. The van der Waals surface area contributed by atoms with E-state index < -0.39 is 0 Å². The van der Waals surface area contributed by atoms with Crippen molar-refractivity contribution in [3.05, 3.63) is 47.3 Å². The molecule has 2 heterocycles. The Morgan fingerprint density at radius 2 is 2.31 bits per heavy atom. The second-order valence-corrected chi connectivity index (χ2v) is 3.42. The van der Waals surface area contributed by atoms with Crippen molar-refractivity contribution in [2.24, 2.45) is 0 Å². The number of nitrogens with zero attached hydrogens (tertiary/aromatic N) is 2. The summed E-state index contributed by atoms with van der Waals surface area (Å²) in [7, 11) is 0. The minimum absolute atomic E-state index is 0.194. The first-order valence-corrected chi connectivity index (χ1v) is 5.02. The van der Waals surface area contributed by atoms with E-state index >= 15 is 0 Å². The number of aromatic nitrogens is 3. The van der Waals surface area contributed by atoms with E-state index in [1.54, 1.807) is 24.5 Å². The lowest BCUT2D eigenvalue weighted by Gasteiger charge is -2.03. The van der Waals surface area contributed by atoms with E-state index in [0.717, 1.165) is 0 Å². The zero-order valence-corrected chi connectivity index (χ0v) is 9.03. The second-order valence-electron chi connectivity index (χ2n) is 3.06. The average Bonchev–Trinajstić information content (AvgIpc) is 2.79. The molecule has 0 saturated heterocycles. The molecule has 0 saturated carbocycles. The fraction of sp³-hybridized carbons (Fsp3) is 0.100. The van der Waals surface area contributed by atoms with E-state index in [-0.39, 0.29) is 11.1 Å². The maximum Gasteiger partial charge on any atom is 0.254 e. The number of carbonyl (C=O) groups excluding carboxylic acids is 1. The monoisotopic (exact) mass is 236 g/mol. The third-order valence-electron chi connectivity index (χ3n) is 1.97. The molecule has 0 radical (unpaired) electrons. The lowest BCUT2D eigenvalue weighted by Crippen LogP contribution is -2.23. The van der Waals surface area contributed by atoms with Gasteiger partial charge in [0.2, 0.25) is 0 Å². The third kappa shape index (κ3) is 2.38. The third-order valence-corrected chi connectivity index (χ3v) is 2.28. The van der Waals surface area contributed by atoms with Crippen LogP contribution in [0.3, 0.4) is 0 Å². The van der Waals surface area contributed by atoms with Crippen LogP contribution >= 0.6 is 11.6 Å². The van der Waals surface area contributed by atoms with Gasteiger partial charge >= 0.3 is 0 Å². The van der Waals surface area contributed by atoms with Crippen molar-refractivity contribution < 1.29 is 4.79 Å². The fourth-order valence-electron chi connectivity index (χ4n) is 1.21. The van der Waals surface area contributed by atoms with Gasteiger partial charge in [-0.3, -0.25) is 4.79 Å². The number of pyridine rings is 1. The van der Waals surface area contributed by atoms with Crippen molar-refractivity contribution >= 4 is 17.5 Å². The number of carbonyl (C=O) groups is 1. The van der Waals surface area contributed by atoms with Crippen LogP contribution in [0.5, 0.6) is 0 Å². The van der Waals surface area contributed by atoms with Crippen LogP contribution in [0, 0.1) is 0 Å². The van der Waals surface area contributed by atoms with E-state index in [1.165, 1.54) is 6.20 Å². The molecule has 82 valence electrons. The molecule has 0 aromatic carbocycles. The predicted molar refractivity (Wildman–Crippen MR) is 59.0 cm³/mol. The van der Waals surface area contributed by atoms with E-state index in [0.29, 0.717) is 17.9 Å². The van der Waals surface area contributed by atoms with Crippen molar-refractivity contribution in [3.63, 3.8) is 0 Å². The van der Waals surface area contributed by atoms with Gasteiger partial charge in [0.1, 0.15) is 11.0 Å². The summed E-state index contributed by atoms with van der Waals surface area (Å²) in [5.74, 6) is 0.419. The molecule has 0 spiro atoms. The Bertz CT molecular complexity index is 483. The van der Waals surface area contributed by atoms with Crippen LogP contribution in [0.1, 0.15) is 16.2 Å². The summed E-state index contributed by atoms with van der Waals surface area (Å²) in [6, 6.07) is 3.28. The topological polar surface area (TPSA) is 70.7 Å². The number of aromatic amines is 1. The number of halogens is 1. The molecule has 5 nitrogen and oxygen atoms in total. The molecule has 0 fully saturated rings. The number of amides is 1. The first-order chi connectivity index (χ1) is 7.77. The van der Waals surface area contributed by atoms with Gasteiger partial charge in [-0.1, -0.05) is 11.6 Å². The zero-order valence-electron chi connectivity index (χ0n) is 8.27. The molecule has 2 aromatic heterocycles. The molecular formula is C10H9ClN4O. The van der Waals surface area contributed by atoms with Gasteiger partial charge in [-0.2, -0.15) is 0 Å². The fourth-order valence-corrected chi connectivity index (χ4v) is 1.41. The van der Waals surface area contributed by atoms with Gasteiger partial charge in [0, 0.05) is 18.6 Å². The van der Waals surface area contributed by atoms with Gasteiger partial charge in [0.15, 0.2) is 0 Å². The average molecular weight is 237 g/mol. The second kappa shape index (κ2) is 4.76. The highest BCUT2D eigenvalue weighted by molar-refractivity contribution is 6.32. The highest BCUT2D eigenvalue weighted by atomic mass is 35.5. The smallest absolute Gasteiger partial charge is 0.254 e. The Labute approximate surface area is 96.9 Å². The Morgan fingerprint density at radius 1 is 1.44 bits per heavy atom. The largest absolute Gasteiger partial charge is 0.347 e. The van der Waals surface area contributed by atoms with Crippen LogP contribution in [-0.4, -0.2) is 20.9 Å². The van der Waals surface area contributed by atoms with Crippen molar-refractivity contribution in [2.45, 2.75) is 6.54 Å². The minimum atomic E-state index is -0.269. The zero-order chi connectivity index (χ0) is 11.4. The lowest BCUT2D eigenvalue weighted by molar-refractivity contribution is 0.0950. The number of hydrogen-bond acceptors (Lipinski definition) is 3. The molecule has 0 aliphatic rings. The molecule has 1 amide bonds. The quantitative estimate of drug-likeness (QED) is 0.791. The molecule has 0 bridgehead atoms. The highest BCUT2D eigenvalue weighted by Gasteiger charge is 2.10. The lowest BCUT2D eigenvalue weighted by atomic mass is 10.2. The van der Waals surface area contributed by atoms with E-state index in [2.05, 4.69) is 20.3 Å². The van der Waals surface area contributed by atoms with Crippen LogP contribution in [-0.2, 0) is 6.54 Å². The first-order valence-electron chi connectivity index (χ1n) is 4.64. The van der Waals surface area contributed by atoms with Gasteiger partial charge in [-0.25, -0.2) is 9.97 Å². The number of H-pyrrole nitrogens is 1. The number of imidazole rings is 1. The van der Waals surface area contributed by atoms with Gasteiger partial charge in [-0.15, -0.1) is 0 Å².